The van der Waals surface area contributed by atoms with Gasteiger partial charge in [-0.2, -0.15) is 0 Å². The summed E-state index contributed by atoms with van der Waals surface area (Å²) in [7, 11) is 0. The molecule has 0 aromatic heterocycles. The van der Waals surface area contributed by atoms with Crippen LogP contribution in [0.1, 0.15) is 11.5 Å². The maximum atomic E-state index is 11.6. The molecular formula is C10H6BrClINO2. The smallest absolute Gasteiger partial charge is 0.241 e. The average Bonchev–Trinajstić information content (AvgIpc) is 2.43. The van der Waals surface area contributed by atoms with Gasteiger partial charge in [0.25, 0.3) is 0 Å². The number of imide groups is 1. The highest BCUT2D eigenvalue weighted by molar-refractivity contribution is 14.1. The maximum Gasteiger partial charge on any atom is 0.241 e. The van der Waals surface area contributed by atoms with E-state index in [0.717, 1.165) is 3.57 Å². The van der Waals surface area contributed by atoms with Crippen molar-refractivity contribution in [1.29, 1.82) is 0 Å². The zero-order valence-electron chi connectivity index (χ0n) is 7.84. The number of benzene rings is 1. The first-order valence-corrected chi connectivity index (χ1v) is 6.81. The Morgan fingerprint density at radius 3 is 2.50 bits per heavy atom. The second kappa shape index (κ2) is 4.62. The monoisotopic (exact) mass is 413 g/mol. The molecule has 1 aromatic carbocycles. The summed E-state index contributed by atoms with van der Waals surface area (Å²) in [5, 5.41) is 2.78. The molecule has 1 aromatic rings. The molecule has 2 rings (SSSR count). The summed E-state index contributed by atoms with van der Waals surface area (Å²) >= 11 is 11.4. The summed E-state index contributed by atoms with van der Waals surface area (Å²) in [5.41, 5.74) is 0.673. The molecule has 2 unspecified atom stereocenters. The number of rotatable bonds is 1. The van der Waals surface area contributed by atoms with Gasteiger partial charge in [-0.05, 0) is 40.3 Å². The van der Waals surface area contributed by atoms with Gasteiger partial charge >= 0.3 is 0 Å². The van der Waals surface area contributed by atoms with Gasteiger partial charge in [-0.25, -0.2) is 0 Å². The molecule has 1 aliphatic rings. The van der Waals surface area contributed by atoms with E-state index in [9.17, 15) is 9.59 Å². The number of hydrogen-bond donors (Lipinski definition) is 1. The normalized spacial score (nSPS) is 24.7. The Morgan fingerprint density at radius 2 is 2.00 bits per heavy atom. The number of carbonyl (C=O) groups is 2. The zero-order chi connectivity index (χ0) is 11.9. The number of halogens is 3. The minimum Gasteiger partial charge on any atom is -0.295 e. The van der Waals surface area contributed by atoms with Crippen LogP contribution in [0.25, 0.3) is 0 Å². The molecule has 3 nitrogen and oxygen atoms in total. The highest BCUT2D eigenvalue weighted by Gasteiger charge is 2.41. The van der Waals surface area contributed by atoms with Gasteiger partial charge in [-0.15, -0.1) is 0 Å². The molecule has 0 aliphatic carbocycles. The van der Waals surface area contributed by atoms with Crippen molar-refractivity contribution in [3.63, 3.8) is 0 Å². The van der Waals surface area contributed by atoms with Gasteiger partial charge in [-0.3, -0.25) is 14.9 Å². The molecule has 1 aliphatic heterocycles. The Hall–Kier alpha value is -0.140. The quantitative estimate of drug-likeness (QED) is 0.436. The van der Waals surface area contributed by atoms with Crippen molar-refractivity contribution >= 4 is 61.9 Å². The lowest BCUT2D eigenvalue weighted by atomic mass is 9.97. The van der Waals surface area contributed by atoms with Gasteiger partial charge in [-0.1, -0.05) is 33.6 Å². The molecule has 0 saturated carbocycles. The van der Waals surface area contributed by atoms with E-state index < -0.39 is 10.7 Å². The molecule has 1 heterocycles. The summed E-state index contributed by atoms with van der Waals surface area (Å²) in [6.07, 6.45) is 0. The van der Waals surface area contributed by atoms with Crippen LogP contribution in [0.15, 0.2) is 18.2 Å². The molecule has 0 bridgehead atoms. The van der Waals surface area contributed by atoms with Crippen LogP contribution in [0.2, 0.25) is 5.02 Å². The lowest BCUT2D eigenvalue weighted by Gasteiger charge is -2.12. The Labute approximate surface area is 119 Å². The van der Waals surface area contributed by atoms with Gasteiger partial charge in [0, 0.05) is 8.59 Å². The standard InChI is InChI=1S/C10H6BrClINO2/c11-8-7(9(15)14-10(8)16)5-2-1-4(13)3-6(5)12/h1-3,7-8H,(H,14,15,16). The highest BCUT2D eigenvalue weighted by atomic mass is 127. The van der Waals surface area contributed by atoms with E-state index in [1.165, 1.54) is 0 Å². The van der Waals surface area contributed by atoms with Crippen LogP contribution in [0.4, 0.5) is 0 Å². The fourth-order valence-corrected chi connectivity index (χ4v) is 3.22. The topological polar surface area (TPSA) is 46.2 Å². The Morgan fingerprint density at radius 1 is 1.31 bits per heavy atom. The van der Waals surface area contributed by atoms with Crippen LogP contribution in [-0.2, 0) is 9.59 Å². The van der Waals surface area contributed by atoms with Crippen LogP contribution in [0, 0.1) is 3.57 Å². The van der Waals surface area contributed by atoms with Crippen LogP contribution in [0.3, 0.4) is 0 Å². The van der Waals surface area contributed by atoms with Crippen molar-refractivity contribution in [3.05, 3.63) is 32.4 Å². The second-order valence-corrected chi connectivity index (χ2v) is 6.04. The van der Waals surface area contributed by atoms with Crippen LogP contribution < -0.4 is 5.32 Å². The third-order valence-electron chi connectivity index (χ3n) is 2.37. The van der Waals surface area contributed by atoms with Gasteiger partial charge in [0.2, 0.25) is 11.8 Å². The minimum absolute atomic E-state index is 0.310. The Kier molecular flexibility index (Phi) is 3.56. The van der Waals surface area contributed by atoms with E-state index in [-0.39, 0.29) is 11.8 Å². The molecular weight excluding hydrogens is 408 g/mol. The predicted octanol–water partition coefficient (Wildman–Crippen LogP) is 2.45. The second-order valence-electron chi connectivity index (χ2n) is 3.40. The minimum atomic E-state index is -0.544. The summed E-state index contributed by atoms with van der Waals surface area (Å²) in [4.78, 5) is 22.4. The van der Waals surface area contributed by atoms with Gasteiger partial charge in [0.05, 0.1) is 5.92 Å². The largest absolute Gasteiger partial charge is 0.295 e. The van der Waals surface area contributed by atoms with Gasteiger partial charge < -0.3 is 0 Å². The molecule has 6 heteroatoms. The molecule has 1 N–H and O–H groups in total. The molecule has 2 amide bonds. The summed E-state index contributed by atoms with van der Waals surface area (Å²) in [5.74, 6) is -1.17. The molecule has 2 atom stereocenters. The molecule has 84 valence electrons. The van der Waals surface area contributed by atoms with Crippen LogP contribution in [0.5, 0.6) is 0 Å². The third-order valence-corrected chi connectivity index (χ3v) is 4.31. The fraction of sp³-hybridized carbons (Fsp3) is 0.200. The van der Waals surface area contributed by atoms with Crippen LogP contribution in [-0.4, -0.2) is 16.6 Å². The van der Waals surface area contributed by atoms with Crippen molar-refractivity contribution in [2.24, 2.45) is 0 Å². The van der Waals surface area contributed by atoms with E-state index in [0.29, 0.717) is 10.6 Å². The van der Waals surface area contributed by atoms with Crippen molar-refractivity contribution in [1.82, 2.24) is 5.32 Å². The lowest BCUT2D eigenvalue weighted by molar-refractivity contribution is -0.125. The molecule has 0 radical (unpaired) electrons. The van der Waals surface area contributed by atoms with E-state index in [1.54, 1.807) is 12.1 Å². The molecule has 1 saturated heterocycles. The first kappa shape index (κ1) is 12.3. The van der Waals surface area contributed by atoms with Crippen molar-refractivity contribution in [2.45, 2.75) is 10.7 Å². The maximum absolute atomic E-state index is 11.6. The molecule has 0 spiro atoms. The van der Waals surface area contributed by atoms with E-state index in [4.69, 9.17) is 11.6 Å². The van der Waals surface area contributed by atoms with E-state index >= 15 is 0 Å². The first-order valence-electron chi connectivity index (χ1n) is 4.44. The third kappa shape index (κ3) is 2.12. The SMILES string of the molecule is O=C1NC(=O)C(c2ccc(I)cc2Cl)C1Br. The first-order chi connectivity index (χ1) is 7.50. The Bertz CT molecular complexity index is 480. The number of amides is 2. The average molecular weight is 414 g/mol. The van der Waals surface area contributed by atoms with Gasteiger partial charge in [0.15, 0.2) is 0 Å². The number of alkyl halides is 1. The number of carbonyl (C=O) groups excluding carboxylic acids is 2. The van der Waals surface area contributed by atoms with E-state index in [1.807, 2.05) is 6.07 Å². The summed E-state index contributed by atoms with van der Waals surface area (Å²) < 4.78 is 0.988. The summed E-state index contributed by atoms with van der Waals surface area (Å²) in [6, 6.07) is 5.41. The van der Waals surface area contributed by atoms with Crippen molar-refractivity contribution in [3.8, 4) is 0 Å². The zero-order valence-corrected chi connectivity index (χ0v) is 12.3. The number of hydrogen-bond acceptors (Lipinski definition) is 2. The fourth-order valence-electron chi connectivity index (χ4n) is 1.61. The highest BCUT2D eigenvalue weighted by Crippen LogP contribution is 2.34. The molecule has 1 fully saturated rings. The van der Waals surface area contributed by atoms with Crippen molar-refractivity contribution in [2.75, 3.05) is 0 Å². The number of nitrogens with one attached hydrogen (secondary N) is 1. The van der Waals surface area contributed by atoms with Gasteiger partial charge in [0.1, 0.15) is 4.83 Å². The van der Waals surface area contributed by atoms with Crippen LogP contribution >= 0.6 is 50.1 Å². The molecule has 16 heavy (non-hydrogen) atoms. The van der Waals surface area contributed by atoms with E-state index in [2.05, 4.69) is 43.8 Å². The van der Waals surface area contributed by atoms with Crippen molar-refractivity contribution < 1.29 is 9.59 Å². The predicted molar refractivity (Wildman–Crippen MR) is 72.8 cm³/mol. The summed E-state index contributed by atoms with van der Waals surface area (Å²) in [6.45, 7) is 0. The Balaban J connectivity index is 2.44. The lowest BCUT2D eigenvalue weighted by Crippen LogP contribution is -2.22.